The first-order valence-electron chi connectivity index (χ1n) is 4.48. The van der Waals surface area contributed by atoms with E-state index in [0.717, 1.165) is 12.1 Å². The van der Waals surface area contributed by atoms with E-state index < -0.39 is 30.2 Å². The molecule has 0 spiro atoms. The summed E-state index contributed by atoms with van der Waals surface area (Å²) in [6.45, 7) is 0. The minimum Gasteiger partial charge on any atom is -0.481 e. The predicted molar refractivity (Wildman–Crippen MR) is 53.7 cm³/mol. The molecule has 0 aliphatic rings. The second-order valence-electron chi connectivity index (χ2n) is 3.35. The molecular weight excluding hydrogens is 261 g/mol. The molecule has 17 heavy (non-hydrogen) atoms. The number of benzene rings is 1. The highest BCUT2D eigenvalue weighted by molar-refractivity contribution is 6.31. The average molecular weight is 269 g/mol. The van der Waals surface area contributed by atoms with Gasteiger partial charge >= 0.3 is 12.1 Å². The van der Waals surface area contributed by atoms with Crippen molar-refractivity contribution in [2.75, 3.05) is 0 Å². The quantitative estimate of drug-likeness (QED) is 0.886. The van der Waals surface area contributed by atoms with E-state index in [2.05, 4.69) is 0 Å². The Balaban J connectivity index is 3.10. The summed E-state index contributed by atoms with van der Waals surface area (Å²) in [5.41, 5.74) is -1.23. The summed E-state index contributed by atoms with van der Waals surface area (Å²) in [5.74, 6) is -1.33. The molecule has 94 valence electrons. The van der Waals surface area contributed by atoms with Crippen molar-refractivity contribution in [1.29, 1.82) is 0 Å². The van der Waals surface area contributed by atoms with Gasteiger partial charge in [-0.15, -0.1) is 0 Å². The first-order chi connectivity index (χ1) is 7.71. The van der Waals surface area contributed by atoms with Crippen molar-refractivity contribution in [3.63, 3.8) is 0 Å². The van der Waals surface area contributed by atoms with Gasteiger partial charge in [-0.3, -0.25) is 4.79 Å². The summed E-state index contributed by atoms with van der Waals surface area (Å²) in [5, 5.41) is 17.8. The monoisotopic (exact) mass is 268 g/mol. The third-order valence-corrected chi connectivity index (χ3v) is 2.39. The van der Waals surface area contributed by atoms with Crippen molar-refractivity contribution in [2.45, 2.75) is 18.7 Å². The first-order valence-corrected chi connectivity index (χ1v) is 4.86. The molecular formula is C10H8ClF3O3. The van der Waals surface area contributed by atoms with Gasteiger partial charge < -0.3 is 10.2 Å². The zero-order valence-electron chi connectivity index (χ0n) is 8.33. The molecule has 1 unspecified atom stereocenters. The molecule has 2 N–H and O–H groups in total. The Morgan fingerprint density at radius 2 is 2.00 bits per heavy atom. The Morgan fingerprint density at radius 1 is 1.41 bits per heavy atom. The summed E-state index contributed by atoms with van der Waals surface area (Å²) < 4.78 is 37.2. The number of carbonyl (C=O) groups is 1. The number of alkyl halides is 3. The summed E-state index contributed by atoms with van der Waals surface area (Å²) >= 11 is 5.60. The fourth-order valence-corrected chi connectivity index (χ4v) is 1.49. The number of carboxylic acids is 1. The van der Waals surface area contributed by atoms with E-state index in [1.54, 1.807) is 0 Å². The van der Waals surface area contributed by atoms with Gasteiger partial charge in [0.2, 0.25) is 0 Å². The van der Waals surface area contributed by atoms with Crippen LogP contribution < -0.4 is 0 Å². The fourth-order valence-electron chi connectivity index (χ4n) is 1.25. The van der Waals surface area contributed by atoms with Gasteiger partial charge in [-0.25, -0.2) is 0 Å². The molecule has 0 saturated heterocycles. The van der Waals surface area contributed by atoms with Gasteiger partial charge in [-0.2, -0.15) is 13.2 Å². The number of aliphatic hydroxyl groups is 1. The molecule has 0 amide bonds. The lowest BCUT2D eigenvalue weighted by Crippen LogP contribution is -2.09. The van der Waals surface area contributed by atoms with Crippen molar-refractivity contribution in [3.05, 3.63) is 34.3 Å². The van der Waals surface area contributed by atoms with E-state index in [1.165, 1.54) is 0 Å². The molecule has 1 rings (SSSR count). The van der Waals surface area contributed by atoms with Crippen LogP contribution in [-0.2, 0) is 11.0 Å². The topological polar surface area (TPSA) is 57.5 Å². The zero-order chi connectivity index (χ0) is 13.2. The lowest BCUT2D eigenvalue weighted by atomic mass is 10.0. The van der Waals surface area contributed by atoms with Gasteiger partial charge in [-0.1, -0.05) is 11.6 Å². The van der Waals surface area contributed by atoms with E-state index in [9.17, 15) is 23.1 Å². The van der Waals surface area contributed by atoms with E-state index >= 15 is 0 Å². The summed E-state index contributed by atoms with van der Waals surface area (Å²) in [6.07, 6.45) is -6.84. The molecule has 0 bridgehead atoms. The zero-order valence-corrected chi connectivity index (χ0v) is 9.09. The minimum absolute atomic E-state index is 0.105. The molecule has 0 radical (unpaired) electrons. The van der Waals surface area contributed by atoms with Crippen LogP contribution in [0.3, 0.4) is 0 Å². The molecule has 0 aromatic heterocycles. The number of aliphatic carboxylic acids is 1. The Hall–Kier alpha value is -1.27. The van der Waals surface area contributed by atoms with Crippen molar-refractivity contribution in [2.24, 2.45) is 0 Å². The maximum atomic E-state index is 12.4. The molecule has 0 saturated carbocycles. The molecule has 0 heterocycles. The second kappa shape index (κ2) is 4.93. The van der Waals surface area contributed by atoms with Crippen molar-refractivity contribution < 1.29 is 28.2 Å². The lowest BCUT2D eigenvalue weighted by molar-refractivity contribution is -0.139. The number of hydrogen-bond donors (Lipinski definition) is 2. The van der Waals surface area contributed by atoms with Gasteiger partial charge in [0.1, 0.15) is 0 Å². The standard InChI is InChI=1S/C10H8ClF3O3/c11-7-2-1-5(10(12,13)14)3-6(7)8(15)4-9(16)17/h1-3,8,15H,4H2,(H,16,17). The largest absolute Gasteiger partial charge is 0.481 e. The van der Waals surface area contributed by atoms with Crippen LogP contribution in [0.25, 0.3) is 0 Å². The molecule has 0 aliphatic heterocycles. The Morgan fingerprint density at radius 3 is 2.47 bits per heavy atom. The van der Waals surface area contributed by atoms with Crippen molar-refractivity contribution in [1.82, 2.24) is 0 Å². The normalized spacial score (nSPS) is 13.5. The van der Waals surface area contributed by atoms with Gasteiger partial charge in [0.05, 0.1) is 18.1 Å². The molecule has 0 fully saturated rings. The molecule has 1 atom stereocenters. The third kappa shape index (κ3) is 3.61. The predicted octanol–water partition coefficient (Wildman–Crippen LogP) is 2.87. The SMILES string of the molecule is O=C(O)CC(O)c1cc(C(F)(F)F)ccc1Cl. The summed E-state index contributed by atoms with van der Waals surface area (Å²) in [4.78, 5) is 10.4. The molecule has 0 aliphatic carbocycles. The van der Waals surface area contributed by atoms with Crippen LogP contribution in [0.15, 0.2) is 18.2 Å². The number of aliphatic hydroxyl groups excluding tert-OH is 1. The van der Waals surface area contributed by atoms with E-state index in [0.29, 0.717) is 6.07 Å². The van der Waals surface area contributed by atoms with Crippen LogP contribution in [0.1, 0.15) is 23.7 Å². The van der Waals surface area contributed by atoms with Gasteiger partial charge in [0.25, 0.3) is 0 Å². The Bertz CT molecular complexity index is 431. The second-order valence-corrected chi connectivity index (χ2v) is 3.75. The van der Waals surface area contributed by atoms with Crippen LogP contribution in [0.2, 0.25) is 5.02 Å². The molecule has 7 heteroatoms. The van der Waals surface area contributed by atoms with Crippen LogP contribution in [-0.4, -0.2) is 16.2 Å². The van der Waals surface area contributed by atoms with Crippen LogP contribution in [0, 0.1) is 0 Å². The lowest BCUT2D eigenvalue weighted by Gasteiger charge is -2.13. The highest BCUT2D eigenvalue weighted by atomic mass is 35.5. The Labute approximate surface area is 99.4 Å². The average Bonchev–Trinajstić information content (AvgIpc) is 2.15. The molecule has 3 nitrogen and oxygen atoms in total. The number of hydrogen-bond acceptors (Lipinski definition) is 2. The number of rotatable bonds is 3. The van der Waals surface area contributed by atoms with Crippen LogP contribution in [0.4, 0.5) is 13.2 Å². The van der Waals surface area contributed by atoms with Crippen LogP contribution >= 0.6 is 11.6 Å². The smallest absolute Gasteiger partial charge is 0.416 e. The number of carboxylic acid groups (broad SMARTS) is 1. The number of halogens is 4. The molecule has 1 aromatic carbocycles. The minimum atomic E-state index is -4.57. The fraction of sp³-hybridized carbons (Fsp3) is 0.300. The highest BCUT2D eigenvalue weighted by Crippen LogP contribution is 2.34. The van der Waals surface area contributed by atoms with Gasteiger partial charge in [0, 0.05) is 10.6 Å². The first kappa shape index (κ1) is 13.8. The third-order valence-electron chi connectivity index (χ3n) is 2.05. The van der Waals surface area contributed by atoms with Gasteiger partial charge in [-0.05, 0) is 18.2 Å². The van der Waals surface area contributed by atoms with E-state index in [1.807, 2.05) is 0 Å². The summed E-state index contributed by atoms with van der Waals surface area (Å²) in [7, 11) is 0. The molecule has 1 aromatic rings. The maximum absolute atomic E-state index is 12.4. The van der Waals surface area contributed by atoms with Crippen molar-refractivity contribution >= 4 is 17.6 Å². The van der Waals surface area contributed by atoms with E-state index in [-0.39, 0.29) is 10.6 Å². The maximum Gasteiger partial charge on any atom is 0.416 e. The Kier molecular flexibility index (Phi) is 4.00. The van der Waals surface area contributed by atoms with E-state index in [4.69, 9.17) is 16.7 Å². The summed E-state index contributed by atoms with van der Waals surface area (Å²) in [6, 6.07) is 2.39. The highest BCUT2D eigenvalue weighted by Gasteiger charge is 2.31. The van der Waals surface area contributed by atoms with Crippen LogP contribution in [0.5, 0.6) is 0 Å². The van der Waals surface area contributed by atoms with Gasteiger partial charge in [0.15, 0.2) is 0 Å². The van der Waals surface area contributed by atoms with Crippen molar-refractivity contribution in [3.8, 4) is 0 Å².